The predicted molar refractivity (Wildman–Crippen MR) is 95.3 cm³/mol. The van der Waals surface area contributed by atoms with Gasteiger partial charge in [-0.2, -0.15) is 13.2 Å². The average Bonchev–Trinajstić information content (AvgIpc) is 2.95. The van der Waals surface area contributed by atoms with E-state index < -0.39 is 11.7 Å². The van der Waals surface area contributed by atoms with E-state index in [2.05, 4.69) is 9.97 Å². The summed E-state index contributed by atoms with van der Waals surface area (Å²) in [7, 11) is 0. The number of imidazole rings is 1. The monoisotopic (exact) mass is 369 g/mol. The van der Waals surface area contributed by atoms with Gasteiger partial charge in [-0.3, -0.25) is 4.40 Å². The Morgan fingerprint density at radius 1 is 0.889 bits per heavy atom. The van der Waals surface area contributed by atoms with Crippen LogP contribution in [0.4, 0.5) is 13.2 Å². The molecule has 0 aliphatic rings. The van der Waals surface area contributed by atoms with Gasteiger partial charge < -0.3 is 5.11 Å². The van der Waals surface area contributed by atoms with Crippen LogP contribution in [0.15, 0.2) is 60.8 Å². The van der Waals surface area contributed by atoms with Crippen LogP contribution in [-0.2, 0) is 6.18 Å². The molecular weight excluding hydrogens is 355 g/mol. The largest absolute Gasteiger partial charge is 0.493 e. The lowest BCUT2D eigenvalue weighted by molar-refractivity contribution is -0.137. The van der Waals surface area contributed by atoms with Gasteiger partial charge in [-0.05, 0) is 19.1 Å². The molecular formula is C20H14F3N3O. The summed E-state index contributed by atoms with van der Waals surface area (Å²) in [5, 5.41) is 10.3. The molecule has 2 aromatic carbocycles. The minimum Gasteiger partial charge on any atom is -0.493 e. The third kappa shape index (κ3) is 3.01. The smallest absolute Gasteiger partial charge is 0.416 e. The standard InChI is InChI=1S/C20H14F3N3O/c1-12-19(27)26-11-16(13-5-3-2-4-6-13)25-17(18(26)24-12)14-7-9-15(10-8-14)20(21,22)23/h2-11,27H,1H3. The number of fused-ring (bicyclic) bond motifs is 1. The second kappa shape index (κ2) is 6.12. The number of alkyl halides is 3. The average molecular weight is 369 g/mol. The Balaban J connectivity index is 1.95. The van der Waals surface area contributed by atoms with E-state index in [9.17, 15) is 18.3 Å². The number of hydrogen-bond acceptors (Lipinski definition) is 3. The Hall–Kier alpha value is -3.35. The molecule has 0 radical (unpaired) electrons. The molecule has 27 heavy (non-hydrogen) atoms. The summed E-state index contributed by atoms with van der Waals surface area (Å²) < 4.78 is 40.1. The zero-order valence-corrected chi connectivity index (χ0v) is 14.2. The molecule has 2 aromatic heterocycles. The highest BCUT2D eigenvalue weighted by Gasteiger charge is 2.30. The van der Waals surface area contributed by atoms with Crippen LogP contribution in [0.1, 0.15) is 11.3 Å². The third-order valence-corrected chi connectivity index (χ3v) is 4.30. The number of aromatic hydroxyl groups is 1. The molecule has 1 N–H and O–H groups in total. The lowest BCUT2D eigenvalue weighted by Crippen LogP contribution is -2.04. The highest BCUT2D eigenvalue weighted by Crippen LogP contribution is 2.33. The summed E-state index contributed by atoms with van der Waals surface area (Å²) >= 11 is 0. The number of halogens is 3. The van der Waals surface area contributed by atoms with Gasteiger partial charge in [0.05, 0.1) is 11.3 Å². The maximum atomic E-state index is 12.9. The van der Waals surface area contributed by atoms with Crippen molar-refractivity contribution < 1.29 is 18.3 Å². The number of benzene rings is 2. The Bertz CT molecular complexity index is 1120. The first-order chi connectivity index (χ1) is 12.8. The van der Waals surface area contributed by atoms with Crippen LogP contribution in [-0.4, -0.2) is 19.5 Å². The van der Waals surface area contributed by atoms with E-state index in [1.54, 1.807) is 13.1 Å². The van der Waals surface area contributed by atoms with Gasteiger partial charge in [0.1, 0.15) is 11.4 Å². The molecule has 0 spiro atoms. The van der Waals surface area contributed by atoms with Crippen molar-refractivity contribution in [3.8, 4) is 28.4 Å². The van der Waals surface area contributed by atoms with Gasteiger partial charge in [0.25, 0.3) is 0 Å². The summed E-state index contributed by atoms with van der Waals surface area (Å²) in [5.74, 6) is -0.0299. The quantitative estimate of drug-likeness (QED) is 0.535. The molecule has 4 rings (SSSR count). The molecule has 0 unspecified atom stereocenters. The van der Waals surface area contributed by atoms with E-state index in [1.807, 2.05) is 30.3 Å². The number of nitrogens with zero attached hydrogens (tertiary/aromatic N) is 3. The maximum Gasteiger partial charge on any atom is 0.416 e. The first kappa shape index (κ1) is 17.1. The summed E-state index contributed by atoms with van der Waals surface area (Å²) in [4.78, 5) is 8.94. The second-order valence-electron chi connectivity index (χ2n) is 6.13. The van der Waals surface area contributed by atoms with Gasteiger partial charge >= 0.3 is 6.18 Å². The molecule has 4 nitrogen and oxygen atoms in total. The summed E-state index contributed by atoms with van der Waals surface area (Å²) in [5.41, 5.74) is 2.33. The van der Waals surface area contributed by atoms with E-state index in [0.29, 0.717) is 28.3 Å². The molecule has 0 atom stereocenters. The molecule has 0 amide bonds. The zero-order valence-electron chi connectivity index (χ0n) is 14.2. The number of hydrogen-bond donors (Lipinski definition) is 1. The van der Waals surface area contributed by atoms with Gasteiger partial charge in [-0.1, -0.05) is 42.5 Å². The Kier molecular flexibility index (Phi) is 3.87. The topological polar surface area (TPSA) is 50.4 Å². The van der Waals surface area contributed by atoms with Gasteiger partial charge in [0, 0.05) is 17.3 Å². The van der Waals surface area contributed by atoms with E-state index in [4.69, 9.17) is 0 Å². The van der Waals surface area contributed by atoms with Crippen molar-refractivity contribution >= 4 is 5.65 Å². The Morgan fingerprint density at radius 3 is 2.19 bits per heavy atom. The van der Waals surface area contributed by atoms with Crippen LogP contribution < -0.4 is 0 Å². The molecule has 0 fully saturated rings. The fourth-order valence-corrected chi connectivity index (χ4v) is 2.91. The molecule has 2 heterocycles. The van der Waals surface area contributed by atoms with Gasteiger partial charge in [0.2, 0.25) is 5.88 Å². The van der Waals surface area contributed by atoms with Gasteiger partial charge in [0.15, 0.2) is 5.65 Å². The SMILES string of the molecule is Cc1nc2c(-c3ccc(C(F)(F)F)cc3)nc(-c3ccccc3)cn2c1O. The minimum absolute atomic E-state index is 0.0299. The first-order valence-corrected chi connectivity index (χ1v) is 8.16. The molecule has 0 bridgehead atoms. The lowest BCUT2D eigenvalue weighted by atomic mass is 10.1. The first-order valence-electron chi connectivity index (χ1n) is 8.16. The Labute approximate surface area is 152 Å². The predicted octanol–water partition coefficient (Wildman–Crippen LogP) is 5.10. The van der Waals surface area contributed by atoms with Crippen molar-refractivity contribution in [1.29, 1.82) is 0 Å². The minimum atomic E-state index is -4.41. The van der Waals surface area contributed by atoms with Crippen LogP contribution in [0, 0.1) is 6.92 Å². The highest BCUT2D eigenvalue weighted by atomic mass is 19.4. The van der Waals surface area contributed by atoms with Crippen molar-refractivity contribution in [3.63, 3.8) is 0 Å². The normalized spacial score (nSPS) is 11.9. The van der Waals surface area contributed by atoms with Crippen molar-refractivity contribution in [2.75, 3.05) is 0 Å². The molecule has 4 aromatic rings. The fourth-order valence-electron chi connectivity index (χ4n) is 2.91. The molecule has 0 saturated heterocycles. The van der Waals surface area contributed by atoms with Gasteiger partial charge in [-0.15, -0.1) is 0 Å². The zero-order chi connectivity index (χ0) is 19.2. The van der Waals surface area contributed by atoms with Crippen LogP contribution in [0.2, 0.25) is 0 Å². The Morgan fingerprint density at radius 2 is 1.56 bits per heavy atom. The maximum absolute atomic E-state index is 12.9. The highest BCUT2D eigenvalue weighted by molar-refractivity contribution is 5.78. The molecule has 0 aliphatic carbocycles. The van der Waals surface area contributed by atoms with E-state index >= 15 is 0 Å². The second-order valence-corrected chi connectivity index (χ2v) is 6.13. The molecule has 0 saturated carbocycles. The molecule has 0 aliphatic heterocycles. The molecule has 7 heteroatoms. The van der Waals surface area contributed by atoms with E-state index in [1.165, 1.54) is 16.5 Å². The fraction of sp³-hybridized carbons (Fsp3) is 0.100. The van der Waals surface area contributed by atoms with Crippen LogP contribution in [0.25, 0.3) is 28.2 Å². The van der Waals surface area contributed by atoms with Crippen molar-refractivity contribution in [2.45, 2.75) is 13.1 Å². The van der Waals surface area contributed by atoms with Gasteiger partial charge in [-0.25, -0.2) is 9.97 Å². The van der Waals surface area contributed by atoms with Crippen LogP contribution >= 0.6 is 0 Å². The number of aromatic nitrogens is 3. The summed E-state index contributed by atoms with van der Waals surface area (Å²) in [6.45, 7) is 1.65. The van der Waals surface area contributed by atoms with E-state index in [-0.39, 0.29) is 5.88 Å². The summed E-state index contributed by atoms with van der Waals surface area (Å²) in [6.07, 6.45) is -2.75. The van der Waals surface area contributed by atoms with Crippen molar-refractivity contribution in [3.05, 3.63) is 72.1 Å². The lowest BCUT2D eigenvalue weighted by Gasteiger charge is -2.10. The van der Waals surface area contributed by atoms with Crippen molar-refractivity contribution in [1.82, 2.24) is 14.4 Å². The van der Waals surface area contributed by atoms with E-state index in [0.717, 1.165) is 17.7 Å². The number of rotatable bonds is 2. The summed E-state index contributed by atoms with van der Waals surface area (Å²) in [6, 6.07) is 14.1. The number of aryl methyl sites for hydroxylation is 1. The van der Waals surface area contributed by atoms with Crippen LogP contribution in [0.3, 0.4) is 0 Å². The van der Waals surface area contributed by atoms with Crippen molar-refractivity contribution in [2.24, 2.45) is 0 Å². The third-order valence-electron chi connectivity index (χ3n) is 4.30. The molecule has 136 valence electrons. The van der Waals surface area contributed by atoms with Crippen LogP contribution in [0.5, 0.6) is 5.88 Å².